The lowest BCUT2D eigenvalue weighted by Crippen LogP contribution is -2.28. The lowest BCUT2D eigenvalue weighted by Gasteiger charge is -2.21. The molecule has 1 unspecified atom stereocenters. The average molecular weight is 244 g/mol. The fraction of sp³-hybridized carbons (Fsp3) is 0.500. The van der Waals surface area contributed by atoms with Gasteiger partial charge in [0.15, 0.2) is 0 Å². The predicted molar refractivity (Wildman–Crippen MR) is 77.1 cm³/mol. The summed E-state index contributed by atoms with van der Waals surface area (Å²) in [5, 5.41) is 0. The molecule has 2 rings (SSSR count). The van der Waals surface area contributed by atoms with Gasteiger partial charge in [0.1, 0.15) is 0 Å². The van der Waals surface area contributed by atoms with Crippen molar-refractivity contribution >= 4 is 0 Å². The van der Waals surface area contributed by atoms with Gasteiger partial charge in [-0.05, 0) is 51.5 Å². The second-order valence-electron chi connectivity index (χ2n) is 5.45. The molecular formula is C16H24N2. The highest BCUT2D eigenvalue weighted by Crippen LogP contribution is 2.28. The first-order valence-corrected chi connectivity index (χ1v) is 6.91. The number of aryl methyl sites for hydroxylation is 2. The van der Waals surface area contributed by atoms with E-state index in [4.69, 9.17) is 5.84 Å². The van der Waals surface area contributed by atoms with Gasteiger partial charge in [0.2, 0.25) is 0 Å². The Morgan fingerprint density at radius 3 is 2.44 bits per heavy atom. The highest BCUT2D eigenvalue weighted by Gasteiger charge is 2.14. The molecule has 0 saturated heterocycles. The molecule has 0 radical (unpaired) electrons. The molecule has 0 heterocycles. The molecule has 0 bridgehead atoms. The van der Waals surface area contributed by atoms with Crippen LogP contribution >= 0.6 is 0 Å². The minimum atomic E-state index is 0.243. The molecule has 3 N–H and O–H groups in total. The number of hydrogen-bond donors (Lipinski definition) is 2. The van der Waals surface area contributed by atoms with Crippen LogP contribution in [0.5, 0.6) is 0 Å². The summed E-state index contributed by atoms with van der Waals surface area (Å²) in [4.78, 5) is 0. The highest BCUT2D eigenvalue weighted by atomic mass is 15.2. The summed E-state index contributed by atoms with van der Waals surface area (Å²) in [6.45, 7) is 4.29. The zero-order chi connectivity index (χ0) is 13.0. The minimum absolute atomic E-state index is 0.243. The first kappa shape index (κ1) is 13.3. The standard InChI is InChI=1S/C16H24N2/c1-12-8-13(2)10-15(9-12)16(18-17)11-14-6-4-3-5-7-14/h6,8-10,16,18H,3-5,7,11,17H2,1-2H3. The van der Waals surface area contributed by atoms with Crippen LogP contribution < -0.4 is 11.3 Å². The number of benzene rings is 1. The van der Waals surface area contributed by atoms with Crippen molar-refractivity contribution in [2.75, 3.05) is 0 Å². The molecule has 0 saturated carbocycles. The van der Waals surface area contributed by atoms with Gasteiger partial charge in [-0.25, -0.2) is 0 Å². The first-order valence-electron chi connectivity index (χ1n) is 6.91. The minimum Gasteiger partial charge on any atom is -0.271 e. The second kappa shape index (κ2) is 6.17. The van der Waals surface area contributed by atoms with Crippen LogP contribution in [0, 0.1) is 13.8 Å². The summed E-state index contributed by atoms with van der Waals surface area (Å²) in [5.74, 6) is 5.74. The Labute approximate surface area is 110 Å². The molecular weight excluding hydrogens is 220 g/mol. The molecule has 1 aromatic carbocycles. The van der Waals surface area contributed by atoms with E-state index >= 15 is 0 Å². The fourth-order valence-electron chi connectivity index (χ4n) is 2.84. The number of rotatable bonds is 4. The quantitative estimate of drug-likeness (QED) is 0.481. The molecule has 0 fully saturated rings. The fourth-order valence-corrected chi connectivity index (χ4v) is 2.84. The summed E-state index contributed by atoms with van der Waals surface area (Å²) < 4.78 is 0. The third-order valence-corrected chi connectivity index (χ3v) is 3.70. The van der Waals surface area contributed by atoms with E-state index in [1.165, 1.54) is 42.4 Å². The van der Waals surface area contributed by atoms with Gasteiger partial charge in [0.05, 0.1) is 0 Å². The normalized spacial score (nSPS) is 17.4. The Hall–Kier alpha value is -1.12. The number of nitrogens with two attached hydrogens (primary N) is 1. The monoisotopic (exact) mass is 244 g/mol. The van der Waals surface area contributed by atoms with Crippen molar-refractivity contribution in [1.29, 1.82) is 0 Å². The maximum absolute atomic E-state index is 5.74. The van der Waals surface area contributed by atoms with Gasteiger partial charge < -0.3 is 0 Å². The summed E-state index contributed by atoms with van der Waals surface area (Å²) in [7, 11) is 0. The van der Waals surface area contributed by atoms with Gasteiger partial charge in [0, 0.05) is 6.04 Å². The number of allylic oxidation sites excluding steroid dienone is 1. The van der Waals surface area contributed by atoms with Crippen molar-refractivity contribution in [3.05, 3.63) is 46.5 Å². The number of hydrogen-bond acceptors (Lipinski definition) is 2. The Bertz CT molecular complexity index is 414. The molecule has 1 atom stereocenters. The lowest BCUT2D eigenvalue weighted by molar-refractivity contribution is 0.528. The zero-order valence-electron chi connectivity index (χ0n) is 11.5. The van der Waals surface area contributed by atoms with E-state index < -0.39 is 0 Å². The van der Waals surface area contributed by atoms with Crippen LogP contribution in [0.4, 0.5) is 0 Å². The molecule has 98 valence electrons. The van der Waals surface area contributed by atoms with E-state index in [-0.39, 0.29) is 6.04 Å². The Balaban J connectivity index is 2.14. The Kier molecular flexibility index (Phi) is 4.56. The second-order valence-corrected chi connectivity index (χ2v) is 5.45. The van der Waals surface area contributed by atoms with Gasteiger partial charge in [-0.2, -0.15) is 0 Å². The summed E-state index contributed by atoms with van der Waals surface area (Å²) in [5.41, 5.74) is 8.46. The Morgan fingerprint density at radius 2 is 1.89 bits per heavy atom. The van der Waals surface area contributed by atoms with Crippen LogP contribution in [0.3, 0.4) is 0 Å². The van der Waals surface area contributed by atoms with Gasteiger partial charge in [-0.1, -0.05) is 41.0 Å². The third-order valence-electron chi connectivity index (χ3n) is 3.70. The van der Waals surface area contributed by atoms with Crippen LogP contribution in [0.2, 0.25) is 0 Å². The predicted octanol–water partition coefficient (Wildman–Crippen LogP) is 3.70. The van der Waals surface area contributed by atoms with Crippen molar-refractivity contribution in [2.45, 2.75) is 52.0 Å². The molecule has 0 aliphatic heterocycles. The molecule has 18 heavy (non-hydrogen) atoms. The van der Waals surface area contributed by atoms with Crippen molar-refractivity contribution in [1.82, 2.24) is 5.43 Å². The molecule has 0 spiro atoms. The summed E-state index contributed by atoms with van der Waals surface area (Å²) in [6.07, 6.45) is 8.59. The molecule has 1 aliphatic carbocycles. The summed E-state index contributed by atoms with van der Waals surface area (Å²) >= 11 is 0. The zero-order valence-corrected chi connectivity index (χ0v) is 11.5. The van der Waals surface area contributed by atoms with Gasteiger partial charge >= 0.3 is 0 Å². The molecule has 2 nitrogen and oxygen atoms in total. The molecule has 0 amide bonds. The topological polar surface area (TPSA) is 38.0 Å². The van der Waals surface area contributed by atoms with E-state index in [9.17, 15) is 0 Å². The molecule has 2 heteroatoms. The average Bonchev–Trinajstić information content (AvgIpc) is 2.36. The smallest absolute Gasteiger partial charge is 0.0497 e. The van der Waals surface area contributed by atoms with Gasteiger partial charge in [-0.3, -0.25) is 11.3 Å². The van der Waals surface area contributed by atoms with E-state index in [1.807, 2.05) is 0 Å². The van der Waals surface area contributed by atoms with E-state index in [2.05, 4.69) is 43.5 Å². The first-order chi connectivity index (χ1) is 8.69. The number of nitrogens with one attached hydrogen (secondary N) is 1. The van der Waals surface area contributed by atoms with Crippen LogP contribution in [0.15, 0.2) is 29.8 Å². The van der Waals surface area contributed by atoms with Crippen molar-refractivity contribution in [3.63, 3.8) is 0 Å². The third kappa shape index (κ3) is 3.44. The largest absolute Gasteiger partial charge is 0.271 e. The molecule has 1 aromatic rings. The van der Waals surface area contributed by atoms with Crippen LogP contribution in [-0.2, 0) is 0 Å². The van der Waals surface area contributed by atoms with Crippen molar-refractivity contribution in [2.24, 2.45) is 5.84 Å². The van der Waals surface area contributed by atoms with Gasteiger partial charge in [-0.15, -0.1) is 0 Å². The van der Waals surface area contributed by atoms with Crippen molar-refractivity contribution < 1.29 is 0 Å². The highest BCUT2D eigenvalue weighted by molar-refractivity contribution is 5.31. The van der Waals surface area contributed by atoms with Gasteiger partial charge in [0.25, 0.3) is 0 Å². The Morgan fingerprint density at radius 1 is 1.17 bits per heavy atom. The maximum atomic E-state index is 5.74. The summed E-state index contributed by atoms with van der Waals surface area (Å²) in [6, 6.07) is 6.92. The number of hydrazine groups is 1. The van der Waals surface area contributed by atoms with Crippen LogP contribution in [-0.4, -0.2) is 0 Å². The van der Waals surface area contributed by atoms with Crippen LogP contribution in [0.25, 0.3) is 0 Å². The van der Waals surface area contributed by atoms with E-state index in [0.717, 1.165) is 6.42 Å². The molecule has 0 aromatic heterocycles. The molecule has 1 aliphatic rings. The van der Waals surface area contributed by atoms with Crippen LogP contribution in [0.1, 0.15) is 54.8 Å². The van der Waals surface area contributed by atoms with Crippen molar-refractivity contribution in [3.8, 4) is 0 Å². The maximum Gasteiger partial charge on any atom is 0.0497 e. The SMILES string of the molecule is Cc1cc(C)cc(C(CC2=CCCCC2)NN)c1. The van der Waals surface area contributed by atoms with E-state index in [1.54, 1.807) is 5.57 Å². The van der Waals surface area contributed by atoms with E-state index in [0.29, 0.717) is 0 Å². The lowest BCUT2D eigenvalue weighted by atomic mass is 9.91.